The lowest BCUT2D eigenvalue weighted by Crippen LogP contribution is -2.45. The van der Waals surface area contributed by atoms with Crippen molar-refractivity contribution in [3.05, 3.63) is 21.9 Å². The summed E-state index contributed by atoms with van der Waals surface area (Å²) in [6.45, 7) is 6.53. The van der Waals surface area contributed by atoms with Crippen molar-refractivity contribution in [2.24, 2.45) is 12.0 Å². The second-order valence-corrected chi connectivity index (χ2v) is 6.92. The third-order valence-corrected chi connectivity index (χ3v) is 5.18. The Morgan fingerprint density at radius 2 is 2.08 bits per heavy atom. The topological polar surface area (TPSA) is 44.6 Å². The highest BCUT2D eigenvalue weighted by Gasteiger charge is 2.28. The number of halogens is 3. The van der Waals surface area contributed by atoms with Crippen LogP contribution in [-0.4, -0.2) is 47.6 Å². The van der Waals surface area contributed by atoms with Crippen LogP contribution in [0.25, 0.3) is 0 Å². The SMILES string of the molecule is CCNC(=NCc1cc(Cl)c(Cl)n1C)NCC(C)N(C)C1CC1.I. The summed E-state index contributed by atoms with van der Waals surface area (Å²) in [5.41, 5.74) is 0.986. The first kappa shape index (κ1) is 21.9. The standard InChI is InChI=1S/C16H27Cl2N5.HI/c1-5-19-16(20-9-11(2)22(3)12-6-7-12)21-10-13-8-14(17)15(18)23(13)4;/h8,11-12H,5-7,9-10H2,1-4H3,(H2,19,20,21);1H. The van der Waals surface area contributed by atoms with Crippen molar-refractivity contribution >= 4 is 53.1 Å². The molecule has 0 aliphatic heterocycles. The van der Waals surface area contributed by atoms with E-state index >= 15 is 0 Å². The van der Waals surface area contributed by atoms with E-state index in [0.29, 0.717) is 22.8 Å². The van der Waals surface area contributed by atoms with Gasteiger partial charge in [-0.25, -0.2) is 4.99 Å². The second kappa shape index (κ2) is 10.1. The van der Waals surface area contributed by atoms with Gasteiger partial charge in [-0.1, -0.05) is 23.2 Å². The molecule has 1 fully saturated rings. The maximum atomic E-state index is 6.09. The van der Waals surface area contributed by atoms with Crippen LogP contribution in [0.15, 0.2) is 11.1 Å². The molecule has 1 heterocycles. The lowest BCUT2D eigenvalue weighted by molar-refractivity contribution is 0.247. The Morgan fingerprint density at radius 1 is 1.42 bits per heavy atom. The summed E-state index contributed by atoms with van der Waals surface area (Å²) in [4.78, 5) is 7.07. The van der Waals surface area contributed by atoms with Crippen LogP contribution in [0.5, 0.6) is 0 Å². The molecule has 0 aromatic carbocycles. The number of hydrogen-bond acceptors (Lipinski definition) is 2. The fraction of sp³-hybridized carbons (Fsp3) is 0.688. The molecule has 0 spiro atoms. The lowest BCUT2D eigenvalue weighted by atomic mass is 10.3. The van der Waals surface area contributed by atoms with Crippen LogP contribution >= 0.6 is 47.2 Å². The fourth-order valence-electron chi connectivity index (χ4n) is 2.47. The molecule has 0 radical (unpaired) electrons. The summed E-state index contributed by atoms with van der Waals surface area (Å²) in [5.74, 6) is 0.817. The lowest BCUT2D eigenvalue weighted by Gasteiger charge is -2.25. The number of aliphatic imine (C=N–C) groups is 1. The molecule has 1 aliphatic rings. The molecule has 138 valence electrons. The van der Waals surface area contributed by atoms with Crippen molar-refractivity contribution in [3.63, 3.8) is 0 Å². The number of rotatable bonds is 7. The number of aromatic nitrogens is 1. The van der Waals surface area contributed by atoms with E-state index in [9.17, 15) is 0 Å². The van der Waals surface area contributed by atoms with E-state index in [-0.39, 0.29) is 24.0 Å². The summed E-state index contributed by atoms with van der Waals surface area (Å²) < 4.78 is 1.86. The minimum atomic E-state index is 0. The molecule has 0 saturated heterocycles. The molecule has 8 heteroatoms. The zero-order valence-corrected chi connectivity index (χ0v) is 18.6. The molecule has 1 aromatic rings. The van der Waals surface area contributed by atoms with Gasteiger partial charge in [0.05, 0.1) is 11.6 Å². The second-order valence-electron chi connectivity index (χ2n) is 6.16. The summed E-state index contributed by atoms with van der Waals surface area (Å²) >= 11 is 12.1. The molecule has 0 bridgehead atoms. The third kappa shape index (κ3) is 5.97. The Hall–Kier alpha value is -0.180. The van der Waals surface area contributed by atoms with Crippen LogP contribution in [-0.2, 0) is 13.6 Å². The third-order valence-electron chi connectivity index (χ3n) is 4.34. The zero-order chi connectivity index (χ0) is 17.0. The number of hydrogen-bond donors (Lipinski definition) is 2. The Bertz CT molecular complexity index is 557. The van der Waals surface area contributed by atoms with Crippen molar-refractivity contribution in [1.82, 2.24) is 20.1 Å². The predicted molar refractivity (Wildman–Crippen MR) is 114 cm³/mol. The highest BCUT2D eigenvalue weighted by Crippen LogP contribution is 2.27. The summed E-state index contributed by atoms with van der Waals surface area (Å²) in [7, 11) is 4.09. The van der Waals surface area contributed by atoms with Gasteiger partial charge in [0, 0.05) is 37.9 Å². The Labute approximate surface area is 172 Å². The molecule has 1 unspecified atom stereocenters. The molecule has 1 saturated carbocycles. The van der Waals surface area contributed by atoms with Crippen molar-refractivity contribution in [3.8, 4) is 0 Å². The monoisotopic (exact) mass is 487 g/mol. The predicted octanol–water partition coefficient (Wildman–Crippen LogP) is 3.49. The van der Waals surface area contributed by atoms with Gasteiger partial charge >= 0.3 is 0 Å². The van der Waals surface area contributed by atoms with Crippen LogP contribution in [0.3, 0.4) is 0 Å². The number of nitrogens with zero attached hydrogens (tertiary/aromatic N) is 3. The Kier molecular flexibility index (Phi) is 9.19. The molecule has 2 rings (SSSR count). The van der Waals surface area contributed by atoms with Gasteiger partial charge in [0.1, 0.15) is 5.15 Å². The van der Waals surface area contributed by atoms with Gasteiger partial charge in [-0.3, -0.25) is 4.90 Å². The first-order chi connectivity index (χ1) is 10.9. The van der Waals surface area contributed by atoms with Gasteiger partial charge in [0.15, 0.2) is 5.96 Å². The van der Waals surface area contributed by atoms with Gasteiger partial charge in [-0.05, 0) is 39.8 Å². The van der Waals surface area contributed by atoms with E-state index in [2.05, 4.69) is 41.4 Å². The molecule has 5 nitrogen and oxygen atoms in total. The van der Waals surface area contributed by atoms with Crippen LogP contribution in [0.4, 0.5) is 0 Å². The first-order valence-corrected chi connectivity index (χ1v) is 8.93. The minimum absolute atomic E-state index is 0. The van der Waals surface area contributed by atoms with Crippen molar-refractivity contribution in [2.75, 3.05) is 20.1 Å². The first-order valence-electron chi connectivity index (χ1n) is 8.17. The molecule has 1 aromatic heterocycles. The van der Waals surface area contributed by atoms with Gasteiger partial charge in [-0.2, -0.15) is 0 Å². The van der Waals surface area contributed by atoms with Crippen LogP contribution in [0.1, 0.15) is 32.4 Å². The molecule has 0 amide bonds. The van der Waals surface area contributed by atoms with Crippen molar-refractivity contribution < 1.29 is 0 Å². The average molecular weight is 488 g/mol. The highest BCUT2D eigenvalue weighted by atomic mass is 127. The van der Waals surface area contributed by atoms with Gasteiger partial charge in [0.25, 0.3) is 0 Å². The summed E-state index contributed by atoms with van der Waals surface area (Å²) in [5, 5.41) is 7.81. The smallest absolute Gasteiger partial charge is 0.191 e. The van der Waals surface area contributed by atoms with Crippen molar-refractivity contribution in [1.29, 1.82) is 0 Å². The average Bonchev–Trinajstić information content (AvgIpc) is 3.34. The molecule has 1 aliphatic carbocycles. The maximum Gasteiger partial charge on any atom is 0.191 e. The van der Waals surface area contributed by atoms with E-state index in [1.165, 1.54) is 12.8 Å². The Morgan fingerprint density at radius 3 is 2.58 bits per heavy atom. The summed E-state index contributed by atoms with van der Waals surface area (Å²) in [6.07, 6.45) is 2.65. The Balaban J connectivity index is 0.00000288. The van der Waals surface area contributed by atoms with Gasteiger partial charge in [0.2, 0.25) is 0 Å². The van der Waals surface area contributed by atoms with Crippen LogP contribution < -0.4 is 10.6 Å². The van der Waals surface area contributed by atoms with Crippen LogP contribution in [0.2, 0.25) is 10.2 Å². The molecular weight excluding hydrogens is 460 g/mol. The van der Waals surface area contributed by atoms with Gasteiger partial charge in [-0.15, -0.1) is 24.0 Å². The molecular formula is C16H28Cl2IN5. The van der Waals surface area contributed by atoms with E-state index in [1.807, 2.05) is 17.7 Å². The maximum absolute atomic E-state index is 6.09. The molecule has 2 N–H and O–H groups in total. The minimum Gasteiger partial charge on any atom is -0.357 e. The number of likely N-dealkylation sites (N-methyl/N-ethyl adjacent to an activating group) is 1. The van der Waals surface area contributed by atoms with Gasteiger partial charge < -0.3 is 15.2 Å². The molecule has 1 atom stereocenters. The number of nitrogens with one attached hydrogen (secondary N) is 2. The van der Waals surface area contributed by atoms with E-state index in [4.69, 9.17) is 23.2 Å². The normalized spacial score (nSPS) is 16.0. The quantitative estimate of drug-likeness (QED) is 0.351. The summed E-state index contributed by atoms with van der Waals surface area (Å²) in [6, 6.07) is 3.10. The van der Waals surface area contributed by atoms with Crippen LogP contribution in [0, 0.1) is 0 Å². The zero-order valence-electron chi connectivity index (χ0n) is 14.8. The number of guanidine groups is 1. The van der Waals surface area contributed by atoms with E-state index < -0.39 is 0 Å². The van der Waals surface area contributed by atoms with E-state index in [1.54, 1.807) is 0 Å². The van der Waals surface area contributed by atoms with E-state index in [0.717, 1.165) is 30.8 Å². The molecule has 24 heavy (non-hydrogen) atoms. The largest absolute Gasteiger partial charge is 0.357 e. The highest BCUT2D eigenvalue weighted by molar-refractivity contribution is 14.0. The fourth-order valence-corrected chi connectivity index (χ4v) is 2.89. The van der Waals surface area contributed by atoms with Crippen molar-refractivity contribution in [2.45, 2.75) is 45.3 Å².